The van der Waals surface area contributed by atoms with Crippen molar-refractivity contribution in [1.29, 1.82) is 0 Å². The predicted molar refractivity (Wildman–Crippen MR) is 300 cm³/mol. The Kier molecular flexibility index (Phi) is 17.5. The number of carbonyl (C=O) groups excluding carboxylic acids is 4. The molecule has 3 atom stereocenters. The fraction of sp³-hybridized carbons (Fsp3) is 0.386. The molecule has 7 aromatic rings. The minimum Gasteiger partial charge on any atom is -0.491 e. The average Bonchev–Trinajstić information content (AvgIpc) is 4.30. The van der Waals surface area contributed by atoms with Crippen molar-refractivity contribution in [2.45, 2.75) is 58.5 Å². The number of carbonyl (C=O) groups is 4. The number of aromatic nitrogens is 6. The Labute approximate surface area is 466 Å². The number of nitrogens with one attached hydrogen (secondary N) is 2. The first-order valence-electron chi connectivity index (χ1n) is 26.7. The Hall–Kier alpha value is -8.09. The lowest BCUT2D eigenvalue weighted by atomic mass is 10.0. The number of aliphatic hydroxyl groups is 1. The van der Waals surface area contributed by atoms with Crippen molar-refractivity contribution in [1.82, 2.24) is 49.3 Å². The van der Waals surface area contributed by atoms with E-state index < -0.39 is 24.1 Å². The van der Waals surface area contributed by atoms with Gasteiger partial charge >= 0.3 is 0 Å². The molecule has 7 heterocycles. The van der Waals surface area contributed by atoms with Gasteiger partial charge in [0.15, 0.2) is 11.5 Å². The summed E-state index contributed by atoms with van der Waals surface area (Å²) in [6, 6.07) is 19.4. The molecule has 0 saturated carbocycles. The molecule has 2 fully saturated rings. The van der Waals surface area contributed by atoms with Crippen LogP contribution in [-0.4, -0.2) is 170 Å². The second-order valence-corrected chi connectivity index (χ2v) is 21.0. The highest BCUT2D eigenvalue weighted by atomic mass is 32.1. The van der Waals surface area contributed by atoms with E-state index in [4.69, 9.17) is 29.7 Å². The number of anilines is 4. The summed E-state index contributed by atoms with van der Waals surface area (Å²) in [5.74, 6) is 0.122. The number of ether oxygens (including phenoxy) is 4. The first-order chi connectivity index (χ1) is 38.9. The van der Waals surface area contributed by atoms with Gasteiger partial charge in [-0.05, 0) is 60.4 Å². The molecule has 0 radical (unpaired) electrons. The smallest absolute Gasteiger partial charge is 0.255 e. The van der Waals surface area contributed by atoms with E-state index in [0.717, 1.165) is 33.1 Å². The number of amides is 4. The minimum absolute atomic E-state index is 0.0113. The van der Waals surface area contributed by atoms with Crippen molar-refractivity contribution in [2.75, 3.05) is 94.9 Å². The van der Waals surface area contributed by atoms with Crippen LogP contribution >= 0.6 is 11.3 Å². The number of nitrogen functional groups attached to an aromatic ring is 1. The lowest BCUT2D eigenvalue weighted by Gasteiger charge is -2.36. The molecule has 3 aliphatic rings. The average molecular weight is 1110 g/mol. The van der Waals surface area contributed by atoms with Crippen LogP contribution in [0.3, 0.4) is 0 Å². The standard InChI is InChI=1S/C57H65N13O9S/c1-36(2)51(70-31-40-6-4-5-7-44(40)56(70)74)57(75)69-32-43(71)27-47(69)55(73)61-28-39-9-8-38(52-37(3)62-35-80-52)26-48(39)79-25-24-77-21-20-76-22-23-78-34-50(72)67-18-16-66(17-19-67)42-12-10-41(11-13-42)63-53-54-60-14-15-68(54)33-46(65-53)45-29-59-30-49(58)64-45/h4-15,26,29-30,33,35-36,43,47,51,71H,16-25,27-28,31-32,34H2,1-3H3,(H2,58,64)(H,61,73)(H,63,65)/t43-,47+,51+/m1/s1. The van der Waals surface area contributed by atoms with Crippen molar-refractivity contribution < 1.29 is 43.2 Å². The van der Waals surface area contributed by atoms with Crippen molar-refractivity contribution in [3.8, 4) is 27.6 Å². The van der Waals surface area contributed by atoms with Crippen LogP contribution in [0.2, 0.25) is 0 Å². The fourth-order valence-electron chi connectivity index (χ4n) is 10.3. The zero-order valence-electron chi connectivity index (χ0n) is 44.9. The van der Waals surface area contributed by atoms with Gasteiger partial charge < -0.3 is 64.4 Å². The van der Waals surface area contributed by atoms with Gasteiger partial charge in [0.2, 0.25) is 17.7 Å². The number of nitrogens with two attached hydrogens (primary N) is 1. The quantitative estimate of drug-likeness (QED) is 0.0616. The van der Waals surface area contributed by atoms with E-state index in [-0.39, 0.29) is 69.6 Å². The molecule has 0 spiro atoms. The third-order valence-electron chi connectivity index (χ3n) is 14.3. The number of thiazole rings is 1. The number of imidazole rings is 1. The molecule has 22 nitrogen and oxygen atoms in total. The zero-order valence-corrected chi connectivity index (χ0v) is 45.7. The van der Waals surface area contributed by atoms with E-state index in [1.165, 1.54) is 22.4 Å². The Bertz CT molecular complexity index is 3310. The number of β-amino-alcohol motifs (C(OH)–C–C–N with tert-alkyl or cyclic N) is 1. The number of hydrogen-bond acceptors (Lipinski definition) is 18. The Morgan fingerprint density at radius 3 is 2.39 bits per heavy atom. The molecule has 418 valence electrons. The number of hydrogen-bond donors (Lipinski definition) is 4. The van der Waals surface area contributed by atoms with E-state index in [1.807, 2.05) is 97.1 Å². The first-order valence-corrected chi connectivity index (χ1v) is 27.6. The van der Waals surface area contributed by atoms with E-state index >= 15 is 0 Å². The summed E-state index contributed by atoms with van der Waals surface area (Å²) in [6.07, 6.45) is 7.67. The van der Waals surface area contributed by atoms with Crippen LogP contribution < -0.4 is 26.0 Å². The summed E-state index contributed by atoms with van der Waals surface area (Å²) in [6.45, 7) is 10.3. The Balaban J connectivity index is 0.627. The van der Waals surface area contributed by atoms with E-state index in [9.17, 15) is 24.3 Å². The van der Waals surface area contributed by atoms with Gasteiger partial charge in [-0.2, -0.15) is 0 Å². The van der Waals surface area contributed by atoms with Crippen LogP contribution in [-0.2, 0) is 41.7 Å². The van der Waals surface area contributed by atoms with Crippen LogP contribution in [0.25, 0.3) is 27.5 Å². The maximum Gasteiger partial charge on any atom is 0.255 e. The number of rotatable bonds is 23. The van der Waals surface area contributed by atoms with E-state index in [1.54, 1.807) is 34.9 Å². The maximum absolute atomic E-state index is 14.3. The van der Waals surface area contributed by atoms with Gasteiger partial charge in [-0.15, -0.1) is 11.3 Å². The summed E-state index contributed by atoms with van der Waals surface area (Å²) in [4.78, 5) is 84.9. The first kappa shape index (κ1) is 55.2. The van der Waals surface area contributed by atoms with E-state index in [2.05, 4.69) is 35.5 Å². The number of aliphatic hydroxyl groups excluding tert-OH is 1. The predicted octanol–water partition coefficient (Wildman–Crippen LogP) is 4.98. The number of nitrogens with zero attached hydrogens (tertiary/aromatic N) is 10. The SMILES string of the molecule is Cc1ncsc1-c1ccc(CNC(=O)[C@@H]2C[C@@H](O)CN2C(=O)[C@H](C(C)C)N2Cc3ccccc3C2=O)c(OCCOCCOCCOCC(=O)N2CCN(c3ccc(Nc4nc(-c5cncc(N)n5)cn5ccnc45)cc3)CC2)c1. The van der Waals surface area contributed by atoms with Crippen LogP contribution in [0.15, 0.2) is 103 Å². The third-order valence-corrected chi connectivity index (χ3v) is 15.3. The molecule has 3 aliphatic heterocycles. The molecule has 3 aromatic carbocycles. The van der Waals surface area contributed by atoms with Gasteiger partial charge in [-0.1, -0.05) is 44.2 Å². The number of piperazine rings is 1. The summed E-state index contributed by atoms with van der Waals surface area (Å²) >= 11 is 1.52. The van der Waals surface area contributed by atoms with Gasteiger partial charge in [0.05, 0.1) is 67.6 Å². The molecule has 80 heavy (non-hydrogen) atoms. The van der Waals surface area contributed by atoms with Gasteiger partial charge in [-0.3, -0.25) is 24.2 Å². The van der Waals surface area contributed by atoms with Crippen molar-refractivity contribution in [3.63, 3.8) is 0 Å². The highest BCUT2D eigenvalue weighted by Crippen LogP contribution is 2.34. The van der Waals surface area contributed by atoms with Crippen molar-refractivity contribution in [3.05, 3.63) is 126 Å². The number of fused-ring (bicyclic) bond motifs is 2. The van der Waals surface area contributed by atoms with Crippen molar-refractivity contribution >= 4 is 63.6 Å². The van der Waals surface area contributed by atoms with E-state index in [0.29, 0.717) is 98.1 Å². The van der Waals surface area contributed by atoms with Gasteiger partial charge in [-0.25, -0.2) is 19.9 Å². The normalized spacial score (nSPS) is 16.6. The van der Waals surface area contributed by atoms with Crippen LogP contribution in [0.4, 0.5) is 23.0 Å². The third kappa shape index (κ3) is 12.8. The molecule has 23 heteroatoms. The molecule has 0 bridgehead atoms. The second kappa shape index (κ2) is 25.4. The lowest BCUT2D eigenvalue weighted by molar-refractivity contribution is -0.143. The molecule has 0 unspecified atom stereocenters. The summed E-state index contributed by atoms with van der Waals surface area (Å²) in [5.41, 5.74) is 15.3. The summed E-state index contributed by atoms with van der Waals surface area (Å²) in [7, 11) is 0. The molecule has 10 rings (SSSR count). The largest absolute Gasteiger partial charge is 0.491 e. The van der Waals surface area contributed by atoms with Gasteiger partial charge in [0, 0.05) is 93.3 Å². The molecular weight excluding hydrogens is 1040 g/mol. The fourth-order valence-corrected chi connectivity index (χ4v) is 11.1. The Morgan fingerprint density at radius 1 is 0.887 bits per heavy atom. The maximum atomic E-state index is 14.3. The molecule has 4 aromatic heterocycles. The molecule has 0 aliphatic carbocycles. The lowest BCUT2D eigenvalue weighted by Crippen LogP contribution is -2.55. The number of likely N-dealkylation sites (tertiary alicyclic amines) is 1. The highest BCUT2D eigenvalue weighted by molar-refractivity contribution is 7.13. The van der Waals surface area contributed by atoms with Gasteiger partial charge in [0.25, 0.3) is 5.91 Å². The molecular formula is C57H65N13O9S. The number of aryl methyl sites for hydroxylation is 1. The van der Waals surface area contributed by atoms with Crippen molar-refractivity contribution in [2.24, 2.45) is 5.92 Å². The minimum atomic E-state index is -0.925. The molecule has 2 saturated heterocycles. The molecule has 4 amide bonds. The highest BCUT2D eigenvalue weighted by Gasteiger charge is 2.46. The summed E-state index contributed by atoms with van der Waals surface area (Å²) in [5, 5.41) is 17.2. The zero-order chi connectivity index (χ0) is 55.7. The van der Waals surface area contributed by atoms with Gasteiger partial charge in [0.1, 0.15) is 48.3 Å². The second-order valence-electron chi connectivity index (χ2n) is 20.1. The number of benzene rings is 3. The van der Waals surface area contributed by atoms with Crippen LogP contribution in [0, 0.1) is 12.8 Å². The molecule has 5 N–H and O–H groups in total. The monoisotopic (exact) mass is 1110 g/mol. The topological polar surface area (TPSA) is 257 Å². The van der Waals surface area contributed by atoms with Crippen LogP contribution in [0.5, 0.6) is 5.75 Å². The summed E-state index contributed by atoms with van der Waals surface area (Å²) < 4.78 is 25.3. The van der Waals surface area contributed by atoms with Crippen LogP contribution in [0.1, 0.15) is 47.4 Å². The Morgan fingerprint density at radius 2 is 1.65 bits per heavy atom.